The minimum atomic E-state index is -0.462. The number of nitro benzene ring substituents is 1. The van der Waals surface area contributed by atoms with Crippen LogP contribution in [-0.4, -0.2) is 4.92 Å². The molecular weight excluding hydrogens is 157 g/mol. The molecule has 0 saturated heterocycles. The zero-order valence-electron chi connectivity index (χ0n) is 6.23. The molecule has 0 fully saturated rings. The summed E-state index contributed by atoms with van der Waals surface area (Å²) in [6.45, 7) is 0. The number of benzene rings is 1. The van der Waals surface area contributed by atoms with Gasteiger partial charge < -0.3 is 0 Å². The van der Waals surface area contributed by atoms with Gasteiger partial charge in [-0.1, -0.05) is 12.1 Å². The smallest absolute Gasteiger partial charge is 0.258 e. The first kappa shape index (κ1) is 8.21. The highest BCUT2D eigenvalue weighted by atomic mass is 16.6. The topological polar surface area (TPSA) is 66.9 Å². The Balaban J connectivity index is 2.87. The van der Waals surface area contributed by atoms with Crippen LogP contribution in [0.2, 0.25) is 0 Å². The minimum absolute atomic E-state index is 0.0525. The highest BCUT2D eigenvalue weighted by Crippen LogP contribution is 2.11. The molecule has 0 amide bonds. The summed E-state index contributed by atoms with van der Waals surface area (Å²) in [6.07, 6.45) is 0.290. The Morgan fingerprint density at radius 1 is 1.42 bits per heavy atom. The highest BCUT2D eigenvalue weighted by Gasteiger charge is 2.02. The average molecular weight is 163 g/mol. The molecule has 0 bridgehead atoms. The molecule has 0 saturated carbocycles. The van der Waals surface area contributed by atoms with E-state index >= 15 is 0 Å². The summed E-state index contributed by atoms with van der Waals surface area (Å²) in [7, 11) is 0. The molecule has 1 aromatic rings. The fourth-order valence-electron chi connectivity index (χ4n) is 0.827. The van der Waals surface area contributed by atoms with E-state index in [1.54, 1.807) is 12.1 Å². The van der Waals surface area contributed by atoms with Gasteiger partial charge in [-0.25, -0.2) is 0 Å². The van der Waals surface area contributed by atoms with Gasteiger partial charge in [-0.15, -0.1) is 0 Å². The first-order chi connectivity index (χ1) is 5.74. The Kier molecular flexibility index (Phi) is 2.38. The van der Waals surface area contributed by atoms with Gasteiger partial charge in [0.05, 0.1) is 17.4 Å². The van der Waals surface area contributed by atoms with Crippen LogP contribution in [0.5, 0.6) is 0 Å². The number of nitrogens with zero attached hydrogens (tertiary/aromatic N) is 2. The van der Waals surface area contributed by atoms with Gasteiger partial charge in [-0.2, -0.15) is 5.26 Å². The van der Waals surface area contributed by atoms with Gasteiger partial charge in [0.15, 0.2) is 0 Å². The van der Waals surface area contributed by atoms with Crippen molar-refractivity contribution in [2.24, 2.45) is 0 Å². The summed E-state index contributed by atoms with van der Waals surface area (Å²) in [4.78, 5) is 9.75. The maximum atomic E-state index is 10.2. The Morgan fingerprint density at radius 3 is 2.42 bits per heavy atom. The molecule has 0 aromatic heterocycles. The molecule has 0 aliphatic heterocycles. The molecule has 0 spiro atoms. The molecule has 4 nitrogen and oxygen atoms in total. The standard InChI is InChI=1S/C8H6N2O2/c9-6-5-7-1-3-8(4-2-7)10(11)12/h1-4H,5H2/i9+1. The van der Waals surface area contributed by atoms with Crippen LogP contribution < -0.4 is 0 Å². The van der Waals surface area contributed by atoms with Gasteiger partial charge in [0.25, 0.3) is 5.69 Å². The van der Waals surface area contributed by atoms with Crippen molar-refractivity contribution in [3.63, 3.8) is 0 Å². The summed E-state index contributed by atoms with van der Waals surface area (Å²) < 4.78 is 0. The van der Waals surface area contributed by atoms with Crippen LogP contribution in [0, 0.1) is 21.4 Å². The zero-order chi connectivity index (χ0) is 8.97. The summed E-state index contributed by atoms with van der Waals surface area (Å²) in [5.41, 5.74) is 0.847. The quantitative estimate of drug-likeness (QED) is 0.378. The van der Waals surface area contributed by atoms with Crippen molar-refractivity contribution in [1.82, 2.24) is 0 Å². The molecule has 0 radical (unpaired) electrons. The molecule has 4 heteroatoms. The molecule has 60 valence electrons. The SMILES string of the molecule is [15N]#CCc1ccc([N+](=O)[O-])cc1. The maximum Gasteiger partial charge on any atom is 0.269 e. The fraction of sp³-hybridized carbons (Fsp3) is 0.125. The minimum Gasteiger partial charge on any atom is -0.258 e. The lowest BCUT2D eigenvalue weighted by atomic mass is 10.1. The highest BCUT2D eigenvalue weighted by molar-refractivity contribution is 5.33. The monoisotopic (exact) mass is 163 g/mol. The Morgan fingerprint density at radius 2 is 2.00 bits per heavy atom. The second-order valence-corrected chi connectivity index (χ2v) is 2.26. The van der Waals surface area contributed by atoms with Gasteiger partial charge in [-0.3, -0.25) is 10.1 Å². The summed E-state index contributed by atoms with van der Waals surface area (Å²) in [6, 6.07) is 7.92. The second kappa shape index (κ2) is 3.49. The maximum absolute atomic E-state index is 10.2. The Bertz CT molecular complexity index is 324. The summed E-state index contributed by atoms with van der Waals surface area (Å²) in [5.74, 6) is 0. The van der Waals surface area contributed by atoms with Crippen LogP contribution in [-0.2, 0) is 6.42 Å². The zero-order valence-corrected chi connectivity index (χ0v) is 6.23. The third-order valence-corrected chi connectivity index (χ3v) is 1.43. The van der Waals surface area contributed by atoms with Crippen LogP contribution in [0.1, 0.15) is 5.56 Å². The molecular formula is C8H6N2O2. The molecule has 1 rings (SSSR count). The summed E-state index contributed by atoms with van der Waals surface area (Å²) >= 11 is 0. The predicted molar refractivity (Wildman–Crippen MR) is 42.4 cm³/mol. The lowest BCUT2D eigenvalue weighted by molar-refractivity contribution is -0.384. The lowest BCUT2D eigenvalue weighted by Crippen LogP contribution is -1.88. The molecule has 12 heavy (non-hydrogen) atoms. The van der Waals surface area contributed by atoms with E-state index in [0.717, 1.165) is 5.56 Å². The van der Waals surface area contributed by atoms with Crippen molar-refractivity contribution in [2.75, 3.05) is 0 Å². The van der Waals surface area contributed by atoms with E-state index < -0.39 is 4.92 Å². The average Bonchev–Trinajstić information content (AvgIpc) is 2.06. The largest absolute Gasteiger partial charge is 0.269 e. The van der Waals surface area contributed by atoms with Gasteiger partial charge in [0, 0.05) is 12.1 Å². The van der Waals surface area contributed by atoms with E-state index in [-0.39, 0.29) is 12.1 Å². The van der Waals surface area contributed by atoms with Crippen molar-refractivity contribution in [2.45, 2.75) is 6.42 Å². The van der Waals surface area contributed by atoms with Crippen molar-refractivity contribution in [3.8, 4) is 6.07 Å². The molecule has 0 atom stereocenters. The van der Waals surface area contributed by atoms with Crippen LogP contribution in [0.4, 0.5) is 5.69 Å². The molecule has 0 aliphatic carbocycles. The number of nitro groups is 1. The third kappa shape index (κ3) is 1.80. The van der Waals surface area contributed by atoms with Gasteiger partial charge >= 0.3 is 0 Å². The van der Waals surface area contributed by atoms with Crippen molar-refractivity contribution >= 4 is 5.69 Å². The fourth-order valence-corrected chi connectivity index (χ4v) is 0.827. The summed E-state index contributed by atoms with van der Waals surface area (Å²) in [5, 5.41) is 18.5. The number of hydrogen-bond acceptors (Lipinski definition) is 3. The van der Waals surface area contributed by atoms with E-state index in [2.05, 4.69) is 0 Å². The number of nitriles is 1. The van der Waals surface area contributed by atoms with Crippen LogP contribution >= 0.6 is 0 Å². The normalized spacial score (nSPS) is 8.92. The van der Waals surface area contributed by atoms with E-state index in [0.29, 0.717) is 0 Å². The first-order valence-corrected chi connectivity index (χ1v) is 3.34. The Hall–Kier alpha value is -1.89. The lowest BCUT2D eigenvalue weighted by Gasteiger charge is -1.92. The van der Waals surface area contributed by atoms with E-state index in [1.165, 1.54) is 12.1 Å². The van der Waals surface area contributed by atoms with Crippen molar-refractivity contribution in [3.05, 3.63) is 39.9 Å². The van der Waals surface area contributed by atoms with Crippen LogP contribution in [0.25, 0.3) is 0 Å². The predicted octanol–water partition coefficient (Wildman–Crippen LogP) is 1.66. The number of non-ortho nitro benzene ring substituents is 1. The van der Waals surface area contributed by atoms with Crippen molar-refractivity contribution in [1.29, 1.82) is 5.26 Å². The molecule has 0 N–H and O–H groups in total. The number of hydrogen-bond donors (Lipinski definition) is 0. The van der Waals surface area contributed by atoms with Gasteiger partial charge in [-0.05, 0) is 5.56 Å². The van der Waals surface area contributed by atoms with Crippen LogP contribution in [0.15, 0.2) is 24.3 Å². The Labute approximate surface area is 69.2 Å². The van der Waals surface area contributed by atoms with E-state index in [1.807, 2.05) is 6.07 Å². The van der Waals surface area contributed by atoms with Crippen molar-refractivity contribution < 1.29 is 4.92 Å². The van der Waals surface area contributed by atoms with E-state index in [4.69, 9.17) is 5.26 Å². The first-order valence-electron chi connectivity index (χ1n) is 3.34. The van der Waals surface area contributed by atoms with E-state index in [9.17, 15) is 10.1 Å². The second-order valence-electron chi connectivity index (χ2n) is 2.26. The van der Waals surface area contributed by atoms with Gasteiger partial charge in [0.2, 0.25) is 0 Å². The number of rotatable bonds is 2. The molecule has 0 unspecified atom stereocenters. The molecule has 1 aromatic carbocycles. The third-order valence-electron chi connectivity index (χ3n) is 1.43. The van der Waals surface area contributed by atoms with Gasteiger partial charge in [0.1, 0.15) is 0 Å². The molecule has 0 aliphatic rings. The van der Waals surface area contributed by atoms with Crippen LogP contribution in [0.3, 0.4) is 0 Å². The molecule has 0 heterocycles.